The van der Waals surface area contributed by atoms with Gasteiger partial charge in [-0.15, -0.1) is 0 Å². The molecule has 0 saturated heterocycles. The third-order valence-electron chi connectivity index (χ3n) is 3.02. The highest BCUT2D eigenvalue weighted by atomic mass is 16.4. The van der Waals surface area contributed by atoms with Crippen LogP contribution in [-0.4, -0.2) is 11.1 Å². The van der Waals surface area contributed by atoms with Crippen molar-refractivity contribution in [1.82, 2.24) is 0 Å². The molecule has 0 spiro atoms. The van der Waals surface area contributed by atoms with Gasteiger partial charge in [0.2, 0.25) is 0 Å². The predicted octanol–water partition coefficient (Wildman–Crippen LogP) is 4.07. The van der Waals surface area contributed by atoms with Crippen LogP contribution >= 0.6 is 0 Å². The third-order valence-corrected chi connectivity index (χ3v) is 3.02. The Kier molecular flexibility index (Phi) is 2.80. The summed E-state index contributed by atoms with van der Waals surface area (Å²) >= 11 is 0. The largest absolute Gasteiger partial charge is 0.481 e. The molecule has 1 aromatic heterocycles. The minimum atomic E-state index is -0.840. The zero-order valence-electron chi connectivity index (χ0n) is 10.2. The molecule has 3 heteroatoms. The van der Waals surface area contributed by atoms with Crippen LogP contribution in [0.25, 0.3) is 28.0 Å². The van der Waals surface area contributed by atoms with Crippen molar-refractivity contribution in [2.24, 2.45) is 0 Å². The lowest BCUT2D eigenvalue weighted by molar-refractivity contribution is -0.135. The van der Waals surface area contributed by atoms with Crippen molar-refractivity contribution in [3.8, 4) is 0 Å². The fourth-order valence-corrected chi connectivity index (χ4v) is 2.19. The van der Waals surface area contributed by atoms with Gasteiger partial charge in [0.25, 0.3) is 0 Å². The Balaban J connectivity index is 2.15. The summed E-state index contributed by atoms with van der Waals surface area (Å²) in [6.07, 6.45) is 3.43. The molecule has 1 N–H and O–H groups in total. The van der Waals surface area contributed by atoms with E-state index >= 15 is 0 Å². The Morgan fingerprint density at radius 2 is 1.89 bits per heavy atom. The topological polar surface area (TPSA) is 50.4 Å². The average Bonchev–Trinajstić information content (AvgIpc) is 2.78. The molecular weight excluding hydrogens is 240 g/mol. The SMILES string of the molecule is O=C(O)CC=Cc1cccc2c1oc1ccccc12. The number of para-hydroxylation sites is 2. The van der Waals surface area contributed by atoms with Gasteiger partial charge < -0.3 is 9.52 Å². The van der Waals surface area contributed by atoms with Gasteiger partial charge in [-0.1, -0.05) is 48.6 Å². The Morgan fingerprint density at radius 1 is 1.11 bits per heavy atom. The van der Waals surface area contributed by atoms with Crippen LogP contribution in [0.4, 0.5) is 0 Å². The summed E-state index contributed by atoms with van der Waals surface area (Å²) in [6, 6.07) is 13.7. The monoisotopic (exact) mass is 252 g/mol. The van der Waals surface area contributed by atoms with Gasteiger partial charge in [-0.25, -0.2) is 0 Å². The number of benzene rings is 2. The van der Waals surface area contributed by atoms with Gasteiger partial charge in [-0.05, 0) is 6.07 Å². The summed E-state index contributed by atoms with van der Waals surface area (Å²) in [5, 5.41) is 10.8. The van der Waals surface area contributed by atoms with Crippen molar-refractivity contribution in [2.75, 3.05) is 0 Å². The van der Waals surface area contributed by atoms with Crippen molar-refractivity contribution in [1.29, 1.82) is 0 Å². The summed E-state index contributed by atoms with van der Waals surface area (Å²) in [5.74, 6) is -0.840. The van der Waals surface area contributed by atoms with Crippen LogP contribution in [0.2, 0.25) is 0 Å². The maximum Gasteiger partial charge on any atom is 0.307 e. The second-order valence-corrected chi connectivity index (χ2v) is 4.32. The Morgan fingerprint density at radius 3 is 2.74 bits per heavy atom. The van der Waals surface area contributed by atoms with E-state index < -0.39 is 5.97 Å². The summed E-state index contributed by atoms with van der Waals surface area (Å²) in [6.45, 7) is 0. The Bertz CT molecular complexity index is 781. The van der Waals surface area contributed by atoms with Crippen LogP contribution in [0, 0.1) is 0 Å². The molecule has 0 saturated carbocycles. The first kappa shape index (κ1) is 11.5. The van der Waals surface area contributed by atoms with Gasteiger partial charge in [0.1, 0.15) is 11.2 Å². The molecule has 19 heavy (non-hydrogen) atoms. The number of aliphatic carboxylic acids is 1. The van der Waals surface area contributed by atoms with Crippen LogP contribution < -0.4 is 0 Å². The molecule has 3 aromatic rings. The van der Waals surface area contributed by atoms with Crippen molar-refractivity contribution >= 4 is 34.0 Å². The molecule has 0 aliphatic heterocycles. The lowest BCUT2D eigenvalue weighted by atomic mass is 10.1. The minimum absolute atomic E-state index is 0.0105. The van der Waals surface area contributed by atoms with Gasteiger partial charge in [-0.2, -0.15) is 0 Å². The van der Waals surface area contributed by atoms with E-state index in [0.717, 1.165) is 27.5 Å². The van der Waals surface area contributed by atoms with Crippen molar-refractivity contribution in [3.05, 3.63) is 54.1 Å². The second-order valence-electron chi connectivity index (χ2n) is 4.32. The third kappa shape index (κ3) is 2.10. The van der Waals surface area contributed by atoms with Gasteiger partial charge in [0.05, 0.1) is 6.42 Å². The molecule has 0 unspecified atom stereocenters. The van der Waals surface area contributed by atoms with Crippen LogP contribution in [0.1, 0.15) is 12.0 Å². The average molecular weight is 252 g/mol. The number of carboxylic acids is 1. The van der Waals surface area contributed by atoms with Gasteiger partial charge >= 0.3 is 5.97 Å². The van der Waals surface area contributed by atoms with E-state index in [0.29, 0.717) is 0 Å². The first-order valence-electron chi connectivity index (χ1n) is 6.04. The maximum atomic E-state index is 10.5. The van der Waals surface area contributed by atoms with Crippen LogP contribution in [-0.2, 0) is 4.79 Å². The number of rotatable bonds is 3. The lowest BCUT2D eigenvalue weighted by Crippen LogP contribution is -1.89. The summed E-state index contributed by atoms with van der Waals surface area (Å²) in [4.78, 5) is 10.5. The molecule has 0 bridgehead atoms. The maximum absolute atomic E-state index is 10.5. The highest BCUT2D eigenvalue weighted by Gasteiger charge is 2.08. The Labute approximate surface area is 109 Å². The molecule has 94 valence electrons. The van der Waals surface area contributed by atoms with Crippen LogP contribution in [0.5, 0.6) is 0 Å². The number of furan rings is 1. The van der Waals surface area contributed by atoms with Crippen LogP contribution in [0.3, 0.4) is 0 Å². The van der Waals surface area contributed by atoms with Crippen molar-refractivity contribution < 1.29 is 14.3 Å². The van der Waals surface area contributed by atoms with E-state index in [1.165, 1.54) is 0 Å². The number of hydrogen-bond donors (Lipinski definition) is 1. The second kappa shape index (κ2) is 4.61. The molecule has 2 aromatic carbocycles. The highest BCUT2D eigenvalue weighted by molar-refractivity contribution is 6.07. The fourth-order valence-electron chi connectivity index (χ4n) is 2.19. The molecule has 3 rings (SSSR count). The van der Waals surface area contributed by atoms with E-state index in [9.17, 15) is 4.79 Å². The number of fused-ring (bicyclic) bond motifs is 3. The van der Waals surface area contributed by atoms with E-state index in [-0.39, 0.29) is 6.42 Å². The molecule has 0 aliphatic rings. The molecule has 0 aliphatic carbocycles. The van der Waals surface area contributed by atoms with Crippen molar-refractivity contribution in [2.45, 2.75) is 6.42 Å². The molecule has 1 heterocycles. The minimum Gasteiger partial charge on any atom is -0.481 e. The number of carbonyl (C=O) groups is 1. The molecule has 0 fully saturated rings. The zero-order valence-corrected chi connectivity index (χ0v) is 10.2. The van der Waals surface area contributed by atoms with Gasteiger partial charge in [0.15, 0.2) is 0 Å². The lowest BCUT2D eigenvalue weighted by Gasteiger charge is -1.94. The summed E-state index contributed by atoms with van der Waals surface area (Å²) in [5.41, 5.74) is 2.54. The van der Waals surface area contributed by atoms with Gasteiger partial charge in [0, 0.05) is 16.3 Å². The van der Waals surface area contributed by atoms with E-state index in [1.807, 2.05) is 42.5 Å². The quantitative estimate of drug-likeness (QED) is 0.764. The normalized spacial score (nSPS) is 11.6. The molecule has 0 radical (unpaired) electrons. The van der Waals surface area contributed by atoms with Gasteiger partial charge in [-0.3, -0.25) is 4.79 Å². The highest BCUT2D eigenvalue weighted by Crippen LogP contribution is 2.31. The summed E-state index contributed by atoms with van der Waals surface area (Å²) < 4.78 is 5.84. The smallest absolute Gasteiger partial charge is 0.307 e. The van der Waals surface area contributed by atoms with E-state index in [2.05, 4.69) is 0 Å². The molecule has 0 atom stereocenters. The first-order chi connectivity index (χ1) is 9.25. The first-order valence-corrected chi connectivity index (χ1v) is 6.04. The Hall–Kier alpha value is -2.55. The van der Waals surface area contributed by atoms with Crippen molar-refractivity contribution in [3.63, 3.8) is 0 Å². The zero-order chi connectivity index (χ0) is 13.2. The molecular formula is C16H12O3. The van der Waals surface area contributed by atoms with E-state index in [4.69, 9.17) is 9.52 Å². The molecule has 0 amide bonds. The number of carboxylic acid groups (broad SMARTS) is 1. The standard InChI is InChI=1S/C16H12O3/c17-15(18)10-4-6-11-5-3-8-13-12-7-1-2-9-14(12)19-16(11)13/h1-9H,10H2,(H,17,18). The van der Waals surface area contributed by atoms with Crippen LogP contribution in [0.15, 0.2) is 53.0 Å². The number of hydrogen-bond acceptors (Lipinski definition) is 2. The van der Waals surface area contributed by atoms with E-state index in [1.54, 1.807) is 12.2 Å². The fraction of sp³-hybridized carbons (Fsp3) is 0.0625. The predicted molar refractivity (Wildman–Crippen MR) is 75.0 cm³/mol. The molecule has 3 nitrogen and oxygen atoms in total. The summed E-state index contributed by atoms with van der Waals surface area (Å²) in [7, 11) is 0.